The van der Waals surface area contributed by atoms with Crippen LogP contribution in [0.1, 0.15) is 118 Å². The highest BCUT2D eigenvalue weighted by Gasteiger charge is 2.39. The van der Waals surface area contributed by atoms with Crippen molar-refractivity contribution in [3.63, 3.8) is 0 Å². The molecule has 186 valence electrons. The maximum Gasteiger partial charge on any atom is 0.305 e. The van der Waals surface area contributed by atoms with Crippen LogP contribution < -0.4 is 0 Å². The van der Waals surface area contributed by atoms with Gasteiger partial charge in [-0.1, -0.05) is 65.4 Å². The summed E-state index contributed by atoms with van der Waals surface area (Å²) in [5.74, 6) is 0.233. The van der Waals surface area contributed by atoms with E-state index in [0.29, 0.717) is 24.7 Å². The van der Waals surface area contributed by atoms with E-state index in [-0.39, 0.29) is 11.0 Å². The number of ketones is 1. The number of Topliss-reactive ketones (excluding diaryl/α,β-unsaturated/α-hetero) is 1. The molecule has 0 radical (unpaired) electrons. The van der Waals surface area contributed by atoms with Gasteiger partial charge in [0.1, 0.15) is 0 Å². The van der Waals surface area contributed by atoms with Gasteiger partial charge < -0.3 is 9.16 Å². The average molecular weight is 467 g/mol. The number of carbonyl (C=O) groups is 2. The zero-order valence-corrected chi connectivity index (χ0v) is 23.1. The predicted octanol–water partition coefficient (Wildman–Crippen LogP) is 7.91. The molecule has 0 spiro atoms. The van der Waals surface area contributed by atoms with Crippen molar-refractivity contribution in [2.24, 2.45) is 0 Å². The first-order chi connectivity index (χ1) is 15.0. The van der Waals surface area contributed by atoms with Gasteiger partial charge in [-0.25, -0.2) is 0 Å². The van der Waals surface area contributed by atoms with Crippen molar-refractivity contribution >= 4 is 20.1 Å². The maximum atomic E-state index is 12.5. The molecule has 0 aromatic heterocycles. The number of hydrogen-bond acceptors (Lipinski definition) is 4. The van der Waals surface area contributed by atoms with Crippen molar-refractivity contribution in [2.75, 3.05) is 7.11 Å². The molecule has 4 nitrogen and oxygen atoms in total. The second-order valence-corrected chi connectivity index (χ2v) is 15.8. The summed E-state index contributed by atoms with van der Waals surface area (Å²) in [5.41, 5.74) is 2.50. The second kappa shape index (κ2) is 14.3. The molecule has 1 rings (SSSR count). The lowest BCUT2D eigenvalue weighted by molar-refractivity contribution is -0.140. The molecule has 0 aliphatic heterocycles. The molecule has 5 heteroatoms. The standard InChI is InChI=1S/C27H50O4Si/c1-8-9-12-15-23(31-32(6,7)27(2,3)4)20-18-22-19-21-25(28)24(22)16-13-10-11-14-17-26(29)30-5/h23H,8-21H2,1-7H3. The van der Waals surface area contributed by atoms with E-state index >= 15 is 0 Å². The van der Waals surface area contributed by atoms with E-state index in [2.05, 4.69) is 40.8 Å². The third kappa shape index (κ3) is 10.3. The fourth-order valence-electron chi connectivity index (χ4n) is 4.20. The summed E-state index contributed by atoms with van der Waals surface area (Å²) in [4.78, 5) is 23.7. The molecule has 1 atom stereocenters. The van der Waals surface area contributed by atoms with Gasteiger partial charge >= 0.3 is 5.97 Å². The minimum Gasteiger partial charge on any atom is -0.469 e. The van der Waals surface area contributed by atoms with Gasteiger partial charge in [-0.2, -0.15) is 0 Å². The molecule has 0 bridgehead atoms. The summed E-state index contributed by atoms with van der Waals surface area (Å²) in [7, 11) is -0.358. The first-order valence-electron chi connectivity index (χ1n) is 13.0. The maximum absolute atomic E-state index is 12.5. The van der Waals surface area contributed by atoms with Gasteiger partial charge in [-0.15, -0.1) is 0 Å². The van der Waals surface area contributed by atoms with Gasteiger partial charge in [0.2, 0.25) is 0 Å². The van der Waals surface area contributed by atoms with Crippen LogP contribution in [-0.2, 0) is 18.8 Å². The number of esters is 1. The monoisotopic (exact) mass is 466 g/mol. The summed E-state index contributed by atoms with van der Waals surface area (Å²) in [5, 5.41) is 0.220. The Bertz CT molecular complexity index is 616. The van der Waals surface area contributed by atoms with Crippen LogP contribution in [0.4, 0.5) is 0 Å². The Morgan fingerprint density at radius 1 is 0.969 bits per heavy atom. The van der Waals surface area contributed by atoms with Crippen molar-refractivity contribution in [3.8, 4) is 0 Å². The van der Waals surface area contributed by atoms with Crippen molar-refractivity contribution in [2.45, 2.75) is 142 Å². The number of allylic oxidation sites excluding steroid dienone is 2. The Balaban J connectivity index is 2.63. The molecular formula is C27H50O4Si. The molecule has 0 amide bonds. The van der Waals surface area contributed by atoms with E-state index in [1.165, 1.54) is 31.9 Å². The molecule has 0 aromatic carbocycles. The molecule has 0 fully saturated rings. The summed E-state index contributed by atoms with van der Waals surface area (Å²) < 4.78 is 11.5. The lowest BCUT2D eigenvalue weighted by Gasteiger charge is -2.39. The quantitative estimate of drug-likeness (QED) is 0.132. The molecule has 1 aliphatic carbocycles. The highest BCUT2D eigenvalue weighted by atomic mass is 28.4. The zero-order valence-electron chi connectivity index (χ0n) is 22.1. The van der Waals surface area contributed by atoms with Gasteiger partial charge in [0.15, 0.2) is 14.1 Å². The van der Waals surface area contributed by atoms with E-state index in [9.17, 15) is 9.59 Å². The van der Waals surface area contributed by atoms with E-state index in [0.717, 1.165) is 63.4 Å². The lowest BCUT2D eigenvalue weighted by atomic mass is 9.97. The van der Waals surface area contributed by atoms with Crippen LogP contribution >= 0.6 is 0 Å². The number of hydrogen-bond donors (Lipinski definition) is 0. The number of methoxy groups -OCH3 is 1. The molecule has 0 saturated heterocycles. The van der Waals surface area contributed by atoms with Gasteiger partial charge in [0, 0.05) is 18.9 Å². The SMILES string of the molecule is CCCCCC(CCC1=C(CCCCCCC(=O)OC)C(=O)CC1)O[Si](C)(C)C(C)(C)C. The highest BCUT2D eigenvalue weighted by molar-refractivity contribution is 6.74. The van der Waals surface area contributed by atoms with E-state index in [4.69, 9.17) is 9.16 Å². The van der Waals surface area contributed by atoms with Crippen molar-refractivity contribution in [1.82, 2.24) is 0 Å². The molecule has 0 saturated carbocycles. The van der Waals surface area contributed by atoms with Crippen LogP contribution in [0.5, 0.6) is 0 Å². The Morgan fingerprint density at radius 3 is 2.28 bits per heavy atom. The molecular weight excluding hydrogens is 416 g/mol. The molecule has 32 heavy (non-hydrogen) atoms. The first-order valence-corrected chi connectivity index (χ1v) is 15.9. The summed E-state index contributed by atoms with van der Waals surface area (Å²) in [6.07, 6.45) is 14.2. The first kappa shape index (κ1) is 29.1. The number of rotatable bonds is 16. The summed E-state index contributed by atoms with van der Waals surface area (Å²) in [6.45, 7) is 13.9. The van der Waals surface area contributed by atoms with Crippen LogP contribution in [0.2, 0.25) is 18.1 Å². The molecule has 0 N–H and O–H groups in total. The third-order valence-electron chi connectivity index (χ3n) is 7.37. The van der Waals surface area contributed by atoms with Crippen LogP contribution in [0, 0.1) is 0 Å². The van der Waals surface area contributed by atoms with Gasteiger partial charge in [-0.3, -0.25) is 9.59 Å². The fourth-order valence-corrected chi connectivity index (χ4v) is 5.62. The van der Waals surface area contributed by atoms with Crippen LogP contribution in [0.25, 0.3) is 0 Å². The van der Waals surface area contributed by atoms with Gasteiger partial charge in [-0.05, 0) is 68.7 Å². The Hall–Kier alpha value is -0.943. The van der Waals surface area contributed by atoms with Crippen LogP contribution in [0.3, 0.4) is 0 Å². The summed E-state index contributed by atoms with van der Waals surface area (Å²) >= 11 is 0. The fraction of sp³-hybridized carbons (Fsp3) is 0.852. The molecule has 1 aliphatic rings. The Labute approximate surface area is 199 Å². The second-order valence-electron chi connectivity index (χ2n) is 11.0. The minimum absolute atomic E-state index is 0.130. The summed E-state index contributed by atoms with van der Waals surface area (Å²) in [6, 6.07) is 0. The van der Waals surface area contributed by atoms with Gasteiger partial charge in [0.25, 0.3) is 0 Å². The largest absolute Gasteiger partial charge is 0.469 e. The van der Waals surface area contributed by atoms with E-state index < -0.39 is 8.32 Å². The number of unbranched alkanes of at least 4 members (excludes halogenated alkanes) is 5. The van der Waals surface area contributed by atoms with Crippen molar-refractivity contribution in [3.05, 3.63) is 11.1 Å². The van der Waals surface area contributed by atoms with Crippen LogP contribution in [0.15, 0.2) is 11.1 Å². The highest BCUT2D eigenvalue weighted by Crippen LogP contribution is 2.39. The molecule has 1 unspecified atom stereocenters. The predicted molar refractivity (Wildman–Crippen MR) is 136 cm³/mol. The topological polar surface area (TPSA) is 52.6 Å². The third-order valence-corrected chi connectivity index (χ3v) is 11.9. The lowest BCUT2D eigenvalue weighted by Crippen LogP contribution is -2.44. The Kier molecular flexibility index (Phi) is 13.0. The number of ether oxygens (including phenoxy) is 1. The number of carbonyl (C=O) groups excluding carboxylic acids is 2. The normalized spacial score (nSPS) is 16.0. The van der Waals surface area contributed by atoms with E-state index in [1.54, 1.807) is 0 Å². The zero-order chi connectivity index (χ0) is 24.2. The van der Waals surface area contributed by atoms with Crippen molar-refractivity contribution in [1.29, 1.82) is 0 Å². The molecule has 0 aromatic rings. The van der Waals surface area contributed by atoms with Crippen LogP contribution in [-0.4, -0.2) is 33.3 Å². The molecule has 0 heterocycles. The van der Waals surface area contributed by atoms with Gasteiger partial charge in [0.05, 0.1) is 7.11 Å². The van der Waals surface area contributed by atoms with E-state index in [1.807, 2.05) is 0 Å². The van der Waals surface area contributed by atoms with Crippen molar-refractivity contribution < 1.29 is 18.8 Å². The minimum atomic E-state index is -1.80. The Morgan fingerprint density at radius 2 is 1.66 bits per heavy atom. The average Bonchev–Trinajstić information content (AvgIpc) is 3.07. The smallest absolute Gasteiger partial charge is 0.305 e.